The van der Waals surface area contributed by atoms with E-state index in [1.54, 1.807) is 23.1 Å². The van der Waals surface area contributed by atoms with Crippen LogP contribution in [-0.4, -0.2) is 82.9 Å². The van der Waals surface area contributed by atoms with Crippen molar-refractivity contribution in [1.82, 2.24) is 10.2 Å². The maximum absolute atomic E-state index is 13.4. The Morgan fingerprint density at radius 3 is 2.51 bits per heavy atom. The van der Waals surface area contributed by atoms with E-state index in [0.29, 0.717) is 57.9 Å². The minimum atomic E-state index is -1.17. The van der Waals surface area contributed by atoms with Gasteiger partial charge in [-0.25, -0.2) is 0 Å². The predicted octanol–water partition coefficient (Wildman–Crippen LogP) is 2.34. The lowest BCUT2D eigenvalue weighted by Crippen LogP contribution is -2.55. The Bertz CT molecular complexity index is 1030. The van der Waals surface area contributed by atoms with Crippen molar-refractivity contribution in [1.29, 1.82) is 0 Å². The van der Waals surface area contributed by atoms with E-state index in [-0.39, 0.29) is 44.3 Å². The second-order valence-corrected chi connectivity index (χ2v) is 11.3. The molecule has 0 aliphatic heterocycles. The summed E-state index contributed by atoms with van der Waals surface area (Å²) < 4.78 is 12.4. The Morgan fingerprint density at radius 2 is 1.92 bits per heavy atom. The van der Waals surface area contributed by atoms with Crippen LogP contribution in [0.5, 0.6) is 11.5 Å². The van der Waals surface area contributed by atoms with Crippen molar-refractivity contribution in [3.63, 3.8) is 0 Å². The first-order valence-electron chi connectivity index (χ1n) is 13.2. The molecule has 1 aliphatic rings. The maximum Gasteiger partial charge on any atom is 0.247 e. The van der Waals surface area contributed by atoms with E-state index in [0.717, 1.165) is 0 Å². The molecule has 0 aromatic heterocycles. The number of aliphatic hydroxyl groups excluding tert-OH is 3. The van der Waals surface area contributed by atoms with Crippen LogP contribution in [0.15, 0.2) is 23.8 Å². The number of Topliss-reactive ketones (excluding diaryl/α,β-unsaturated/α-hetero) is 1. The molecule has 218 valence electrons. The third-order valence-corrected chi connectivity index (χ3v) is 7.33. The zero-order valence-corrected chi connectivity index (χ0v) is 25.3. The van der Waals surface area contributed by atoms with Crippen molar-refractivity contribution in [3.05, 3.63) is 32.9 Å². The fourth-order valence-corrected chi connectivity index (χ4v) is 5.19. The average molecular weight is 661 g/mol. The van der Waals surface area contributed by atoms with Gasteiger partial charge in [0.1, 0.15) is 18.0 Å². The predicted molar refractivity (Wildman–Crippen MR) is 154 cm³/mol. The monoisotopic (exact) mass is 660 g/mol. The van der Waals surface area contributed by atoms with Crippen molar-refractivity contribution in [3.8, 4) is 11.5 Å². The maximum atomic E-state index is 13.4. The normalized spacial score (nSPS) is 18.9. The lowest BCUT2D eigenvalue weighted by Gasteiger charge is -2.41. The van der Waals surface area contributed by atoms with Gasteiger partial charge in [-0.15, -0.1) is 0 Å². The fourth-order valence-electron chi connectivity index (χ4n) is 4.40. The van der Waals surface area contributed by atoms with Crippen molar-refractivity contribution in [2.75, 3.05) is 26.8 Å². The number of benzene rings is 1. The average Bonchev–Trinajstić information content (AvgIpc) is 2.89. The summed E-state index contributed by atoms with van der Waals surface area (Å²) in [5.74, 6) is 0.383. The zero-order valence-electron chi connectivity index (χ0n) is 23.1. The Hall–Kier alpha value is -2.22. The molecule has 0 radical (unpaired) electrons. The van der Waals surface area contributed by atoms with E-state index in [9.17, 15) is 29.7 Å². The molecule has 0 bridgehead atoms. The van der Waals surface area contributed by atoms with E-state index >= 15 is 0 Å². The molecule has 0 saturated carbocycles. The molecule has 2 rings (SSSR count). The number of amides is 2. The van der Waals surface area contributed by atoms with Crippen LogP contribution >= 0.6 is 22.6 Å². The van der Waals surface area contributed by atoms with Crippen LogP contribution in [0, 0.1) is 9.49 Å². The molecule has 0 fully saturated rings. The molecule has 0 unspecified atom stereocenters. The van der Waals surface area contributed by atoms with Crippen molar-refractivity contribution >= 4 is 40.2 Å². The Morgan fingerprint density at radius 1 is 1.21 bits per heavy atom. The van der Waals surface area contributed by atoms with Crippen LogP contribution in [0.1, 0.15) is 58.4 Å². The first-order chi connectivity index (χ1) is 18.5. The summed E-state index contributed by atoms with van der Waals surface area (Å²) in [5.41, 5.74) is 0.956. The van der Waals surface area contributed by atoms with Crippen LogP contribution < -0.4 is 14.8 Å². The number of ether oxygens (including phenoxy) is 2. The second-order valence-electron chi connectivity index (χ2n) is 10.1. The summed E-state index contributed by atoms with van der Waals surface area (Å²) in [5, 5.41) is 32.9. The summed E-state index contributed by atoms with van der Waals surface area (Å²) in [6.07, 6.45) is 1.03. The number of ketones is 1. The molecule has 10 nitrogen and oxygen atoms in total. The first-order valence-corrected chi connectivity index (χ1v) is 14.3. The van der Waals surface area contributed by atoms with E-state index in [1.807, 2.05) is 13.8 Å². The third-order valence-electron chi connectivity index (χ3n) is 6.53. The third kappa shape index (κ3) is 9.73. The number of rotatable bonds is 15. The minimum Gasteiger partial charge on any atom is -0.493 e. The highest BCUT2D eigenvalue weighted by molar-refractivity contribution is 14.1. The Balaban J connectivity index is 2.47. The summed E-state index contributed by atoms with van der Waals surface area (Å²) in [6, 6.07) is 2.62. The molecule has 3 atom stereocenters. The van der Waals surface area contributed by atoms with Crippen LogP contribution in [0.25, 0.3) is 0 Å². The lowest BCUT2D eigenvalue weighted by atomic mass is 9.87. The molecule has 0 spiro atoms. The van der Waals surface area contributed by atoms with Gasteiger partial charge in [0.25, 0.3) is 0 Å². The number of carbonyl (C=O) groups excluding carboxylic acids is 3. The molecule has 1 aliphatic carbocycles. The van der Waals surface area contributed by atoms with E-state index in [2.05, 4.69) is 27.9 Å². The lowest BCUT2D eigenvalue weighted by molar-refractivity contribution is -0.139. The molecule has 1 aromatic rings. The van der Waals surface area contributed by atoms with Crippen LogP contribution in [0.4, 0.5) is 0 Å². The summed E-state index contributed by atoms with van der Waals surface area (Å²) in [7, 11) is 1.47. The summed E-state index contributed by atoms with van der Waals surface area (Å²) >= 11 is 2.05. The van der Waals surface area contributed by atoms with Gasteiger partial charge in [-0.3, -0.25) is 9.59 Å². The van der Waals surface area contributed by atoms with Gasteiger partial charge in [0.15, 0.2) is 11.5 Å². The standard InChI is InChI=1S/C28H41IN2O8/c1-17(2)8-10-31(25(35)7-5-6-18(3)34)22-14-20(28(37)30-9-11-32)15-23(26(22)36)39-27-21(29)12-19(16-33)13-24(27)38-4/h12-13,15,17,22-23,26,32-33,36H,5-11,14,16H2,1-4H3,(H,30,37)/t22-,23+,26+/m1/s1. The SMILES string of the molecule is COc1cc(CO)cc(I)c1O[C@H]1C=C(C(=O)NCCO)C[C@@H](N(CCC(C)C)C(=O)CCCC(C)=O)[C@@H]1O. The largest absolute Gasteiger partial charge is 0.493 e. The summed E-state index contributed by atoms with van der Waals surface area (Å²) in [6.45, 7) is 5.59. The smallest absolute Gasteiger partial charge is 0.247 e. The van der Waals surface area contributed by atoms with Crippen LogP contribution in [0.3, 0.4) is 0 Å². The van der Waals surface area contributed by atoms with Gasteiger partial charge >= 0.3 is 0 Å². The number of nitrogens with zero attached hydrogens (tertiary/aromatic N) is 1. The topological polar surface area (TPSA) is 146 Å². The van der Waals surface area contributed by atoms with Crippen molar-refractivity contribution in [2.45, 2.75) is 77.7 Å². The number of hydrogen-bond acceptors (Lipinski definition) is 8. The highest BCUT2D eigenvalue weighted by Gasteiger charge is 2.40. The van der Waals surface area contributed by atoms with Gasteiger partial charge in [-0.1, -0.05) is 13.8 Å². The molecule has 1 aromatic carbocycles. The van der Waals surface area contributed by atoms with Gasteiger partial charge in [0.05, 0.1) is 29.9 Å². The molecule has 11 heteroatoms. The second kappa shape index (κ2) is 16.1. The van der Waals surface area contributed by atoms with Gasteiger partial charge in [-0.05, 0) is 72.0 Å². The quantitative estimate of drug-likeness (QED) is 0.210. The van der Waals surface area contributed by atoms with E-state index in [4.69, 9.17) is 9.47 Å². The number of nitrogens with one attached hydrogen (secondary N) is 1. The molecular weight excluding hydrogens is 619 g/mol. The molecule has 2 amide bonds. The molecule has 0 heterocycles. The number of hydrogen-bond donors (Lipinski definition) is 4. The van der Waals surface area contributed by atoms with Gasteiger partial charge in [-0.2, -0.15) is 0 Å². The van der Waals surface area contributed by atoms with Crippen LogP contribution in [-0.2, 0) is 21.0 Å². The molecule has 0 saturated heterocycles. The highest BCUT2D eigenvalue weighted by atomic mass is 127. The number of halogens is 1. The molecular formula is C28H41IN2O8. The molecule has 4 N–H and O–H groups in total. The van der Waals surface area contributed by atoms with Crippen molar-refractivity contribution < 1.29 is 39.2 Å². The Labute approximate surface area is 243 Å². The minimum absolute atomic E-state index is 0.00392. The van der Waals surface area contributed by atoms with Gasteiger partial charge in [0.2, 0.25) is 11.8 Å². The summed E-state index contributed by atoms with van der Waals surface area (Å²) in [4.78, 5) is 39.4. The van der Waals surface area contributed by atoms with Gasteiger partial charge < -0.3 is 39.8 Å². The van der Waals surface area contributed by atoms with Gasteiger partial charge in [0, 0.05) is 37.9 Å². The number of carbonyl (C=O) groups is 3. The Kier molecular flexibility index (Phi) is 13.7. The van der Waals surface area contributed by atoms with Crippen LogP contribution in [0.2, 0.25) is 0 Å². The van der Waals surface area contributed by atoms with E-state index < -0.39 is 24.2 Å². The first kappa shape index (κ1) is 33.0. The number of methoxy groups -OCH3 is 1. The zero-order chi connectivity index (χ0) is 29.1. The van der Waals surface area contributed by atoms with Crippen molar-refractivity contribution in [2.24, 2.45) is 5.92 Å². The number of aliphatic hydroxyl groups is 3. The van der Waals surface area contributed by atoms with E-state index in [1.165, 1.54) is 14.0 Å². The molecule has 39 heavy (non-hydrogen) atoms. The fraction of sp³-hybridized carbons (Fsp3) is 0.607. The highest BCUT2D eigenvalue weighted by Crippen LogP contribution is 2.37.